The number of nitrogens with zero attached hydrogens (tertiary/aromatic N) is 3. The van der Waals surface area contributed by atoms with Crippen molar-refractivity contribution in [2.24, 2.45) is 16.8 Å². The molecule has 0 saturated carbocycles. The Kier molecular flexibility index (Phi) is 10.6. The molecule has 252 valence electrons. The van der Waals surface area contributed by atoms with Crippen LogP contribution in [0.1, 0.15) is 39.7 Å². The van der Waals surface area contributed by atoms with E-state index in [0.717, 1.165) is 23.2 Å². The van der Waals surface area contributed by atoms with Gasteiger partial charge in [-0.1, -0.05) is 33.4 Å². The Morgan fingerprint density at radius 3 is 2.54 bits per heavy atom. The lowest BCUT2D eigenvalue weighted by Gasteiger charge is -2.43. The summed E-state index contributed by atoms with van der Waals surface area (Å²) in [5, 5.41) is 33.2. The van der Waals surface area contributed by atoms with Gasteiger partial charge in [0, 0.05) is 25.1 Å². The van der Waals surface area contributed by atoms with Crippen molar-refractivity contribution in [2.45, 2.75) is 83.6 Å². The SMILES string of the molecule is C=C1N=C(NC(=O)OCc2ccc(O[C@@H]3OC(CC)[C@H](C)[C@H](C)C3OC(C)=O)c([N+](=O)[O-])c2)C=CN1[C@@H]1O[C@H](CO)C(O)C1(F)F. The highest BCUT2D eigenvalue weighted by atomic mass is 19.3. The van der Waals surface area contributed by atoms with E-state index in [1.165, 1.54) is 19.1 Å². The van der Waals surface area contributed by atoms with Crippen LogP contribution in [0.15, 0.2) is 47.9 Å². The first-order valence-electron chi connectivity index (χ1n) is 14.4. The number of benzene rings is 1. The van der Waals surface area contributed by atoms with Gasteiger partial charge in [-0.05, 0) is 30.0 Å². The van der Waals surface area contributed by atoms with E-state index in [4.69, 9.17) is 23.7 Å². The second-order valence-electron chi connectivity index (χ2n) is 11.1. The van der Waals surface area contributed by atoms with Crippen LogP contribution in [0.4, 0.5) is 19.3 Å². The number of hydrogen-bond donors (Lipinski definition) is 3. The van der Waals surface area contributed by atoms with Gasteiger partial charge in [-0.2, -0.15) is 8.78 Å². The maximum absolute atomic E-state index is 14.5. The standard InChI is InChI=1S/C29H36F2N4O11/c1-6-20-14(2)15(3)24(43-17(5)37)26(44-20)45-21-8-7-18(11-19(21)35(40)41)13-42-28(39)33-23-9-10-34(16(4)32-23)27-29(30,31)25(38)22(12-36)46-27/h7-11,14-15,20,22,24-27,36,38H,4,6,12-13H2,1-3,5H3,(H,32,33,39)/t14-,15+,20?,22-,24?,25?,26+,27-/m1/s1. The number of alkyl halides is 2. The van der Waals surface area contributed by atoms with Crippen molar-refractivity contribution < 1.29 is 57.2 Å². The zero-order chi connectivity index (χ0) is 33.9. The number of carbonyl (C=O) groups excluding carboxylic acids is 2. The second kappa shape index (κ2) is 14.1. The van der Waals surface area contributed by atoms with Crippen LogP contribution in [-0.4, -0.2) is 87.4 Å². The number of aliphatic imine (C=N–C) groups is 1. The molecule has 2 saturated heterocycles. The Balaban J connectivity index is 1.39. The fourth-order valence-electron chi connectivity index (χ4n) is 5.36. The Bertz CT molecular complexity index is 1410. The summed E-state index contributed by atoms with van der Waals surface area (Å²) in [4.78, 5) is 40.2. The minimum atomic E-state index is -3.76. The van der Waals surface area contributed by atoms with Gasteiger partial charge in [0.2, 0.25) is 12.5 Å². The van der Waals surface area contributed by atoms with Crippen LogP contribution < -0.4 is 10.1 Å². The fourth-order valence-corrected chi connectivity index (χ4v) is 5.36. The van der Waals surface area contributed by atoms with Gasteiger partial charge >= 0.3 is 23.7 Å². The molecule has 3 aliphatic heterocycles. The minimum Gasteiger partial charge on any atom is -0.456 e. The Hall–Kier alpha value is -4.19. The first kappa shape index (κ1) is 34.7. The van der Waals surface area contributed by atoms with E-state index in [1.54, 1.807) is 0 Å². The number of hydrogen-bond acceptors (Lipinski definition) is 13. The average Bonchev–Trinajstić information content (AvgIpc) is 3.23. The fraction of sp³-hybridized carbons (Fsp3) is 0.552. The molecule has 15 nitrogen and oxygen atoms in total. The van der Waals surface area contributed by atoms with Crippen LogP contribution >= 0.6 is 0 Å². The quantitative estimate of drug-likeness (QED) is 0.201. The topological polar surface area (TPSA) is 192 Å². The zero-order valence-corrected chi connectivity index (χ0v) is 25.5. The van der Waals surface area contributed by atoms with E-state index < -0.39 is 72.6 Å². The molecule has 0 aliphatic carbocycles. The lowest BCUT2D eigenvalue weighted by molar-refractivity contribution is -0.387. The smallest absolute Gasteiger partial charge is 0.413 e. The van der Waals surface area contributed by atoms with Gasteiger partial charge in [-0.15, -0.1) is 0 Å². The van der Waals surface area contributed by atoms with E-state index in [1.807, 2.05) is 20.8 Å². The number of halogens is 2. The number of alkyl carbamates (subject to hydrolysis) is 1. The third-order valence-electron chi connectivity index (χ3n) is 8.03. The van der Waals surface area contributed by atoms with Crippen molar-refractivity contribution in [3.05, 3.63) is 58.6 Å². The van der Waals surface area contributed by atoms with Crippen LogP contribution in [-0.2, 0) is 30.3 Å². The number of rotatable bonds is 9. The van der Waals surface area contributed by atoms with Crippen LogP contribution in [0.25, 0.3) is 0 Å². The summed E-state index contributed by atoms with van der Waals surface area (Å²) in [5.74, 6) is -4.96. The summed E-state index contributed by atoms with van der Waals surface area (Å²) in [6.07, 6.45) is -6.02. The van der Waals surface area contributed by atoms with Gasteiger partial charge < -0.3 is 38.8 Å². The molecule has 3 heterocycles. The number of nitrogens with one attached hydrogen (secondary N) is 1. The number of nitro groups is 1. The summed E-state index contributed by atoms with van der Waals surface area (Å²) in [5.41, 5.74) is -0.209. The number of nitro benzene ring substituents is 1. The highest BCUT2D eigenvalue weighted by molar-refractivity contribution is 6.03. The molecule has 3 aliphatic rings. The predicted molar refractivity (Wildman–Crippen MR) is 154 cm³/mol. The Morgan fingerprint density at radius 1 is 1.24 bits per heavy atom. The average molecular weight is 655 g/mol. The molecule has 0 bridgehead atoms. The maximum Gasteiger partial charge on any atom is 0.413 e. The Morgan fingerprint density at radius 2 is 1.96 bits per heavy atom. The largest absolute Gasteiger partial charge is 0.456 e. The lowest BCUT2D eigenvalue weighted by Crippen LogP contribution is -2.53. The van der Waals surface area contributed by atoms with E-state index in [0.29, 0.717) is 6.42 Å². The number of aliphatic hydroxyl groups is 2. The zero-order valence-electron chi connectivity index (χ0n) is 25.5. The number of carbonyl (C=O) groups is 2. The lowest BCUT2D eigenvalue weighted by atomic mass is 9.82. The molecule has 17 heteroatoms. The molecular weight excluding hydrogens is 618 g/mol. The normalized spacial score (nSPS) is 30.4. The van der Waals surface area contributed by atoms with Crippen LogP contribution in [0.2, 0.25) is 0 Å². The molecule has 46 heavy (non-hydrogen) atoms. The molecule has 0 spiro atoms. The van der Waals surface area contributed by atoms with E-state index in [2.05, 4.69) is 16.9 Å². The van der Waals surface area contributed by atoms with Crippen molar-refractivity contribution in [1.29, 1.82) is 0 Å². The molecule has 2 fully saturated rings. The minimum absolute atomic E-state index is 0.0293. The van der Waals surface area contributed by atoms with Gasteiger partial charge in [-0.3, -0.25) is 20.2 Å². The molecule has 1 aromatic carbocycles. The molecule has 1 aromatic rings. The first-order chi connectivity index (χ1) is 21.7. The molecule has 8 atom stereocenters. The van der Waals surface area contributed by atoms with Gasteiger partial charge in [0.1, 0.15) is 24.4 Å². The number of amides is 1. The van der Waals surface area contributed by atoms with Crippen molar-refractivity contribution in [3.63, 3.8) is 0 Å². The molecule has 3 unspecified atom stereocenters. The van der Waals surface area contributed by atoms with E-state index in [9.17, 15) is 38.7 Å². The highest BCUT2D eigenvalue weighted by Gasteiger charge is 2.60. The number of aliphatic hydroxyl groups excluding tert-OH is 2. The third kappa shape index (κ3) is 7.27. The van der Waals surface area contributed by atoms with Gasteiger partial charge in [0.15, 0.2) is 18.0 Å². The van der Waals surface area contributed by atoms with Crippen molar-refractivity contribution in [3.8, 4) is 5.75 Å². The first-order valence-corrected chi connectivity index (χ1v) is 14.4. The number of ether oxygens (including phenoxy) is 5. The summed E-state index contributed by atoms with van der Waals surface area (Å²) >= 11 is 0. The van der Waals surface area contributed by atoms with Crippen molar-refractivity contribution in [2.75, 3.05) is 6.61 Å². The van der Waals surface area contributed by atoms with Crippen molar-refractivity contribution >= 4 is 23.6 Å². The second-order valence-corrected chi connectivity index (χ2v) is 11.1. The molecule has 3 N–H and O–H groups in total. The third-order valence-corrected chi connectivity index (χ3v) is 8.03. The van der Waals surface area contributed by atoms with Crippen LogP contribution in [0.5, 0.6) is 5.75 Å². The highest BCUT2D eigenvalue weighted by Crippen LogP contribution is 2.40. The summed E-state index contributed by atoms with van der Waals surface area (Å²) in [7, 11) is 0. The number of amidine groups is 1. The van der Waals surface area contributed by atoms with Gasteiger partial charge in [0.25, 0.3) is 0 Å². The molecule has 0 aromatic heterocycles. The summed E-state index contributed by atoms with van der Waals surface area (Å²) in [6.45, 7) is 9.38. The van der Waals surface area contributed by atoms with E-state index >= 15 is 0 Å². The van der Waals surface area contributed by atoms with Crippen molar-refractivity contribution in [1.82, 2.24) is 10.2 Å². The van der Waals surface area contributed by atoms with Crippen LogP contribution in [0.3, 0.4) is 0 Å². The van der Waals surface area contributed by atoms with Gasteiger partial charge in [0.05, 0.1) is 17.6 Å². The summed E-state index contributed by atoms with van der Waals surface area (Å²) in [6, 6.07) is 3.91. The molecule has 0 radical (unpaired) electrons. The number of esters is 1. The summed E-state index contributed by atoms with van der Waals surface area (Å²) < 4.78 is 56.6. The molecule has 1 amide bonds. The molecular formula is C29H36F2N4O11. The monoisotopic (exact) mass is 654 g/mol. The van der Waals surface area contributed by atoms with Crippen LogP contribution in [0, 0.1) is 22.0 Å². The van der Waals surface area contributed by atoms with E-state index in [-0.39, 0.29) is 40.9 Å². The molecule has 4 rings (SSSR count). The Labute approximate surface area is 262 Å². The predicted octanol–water partition coefficient (Wildman–Crippen LogP) is 2.95. The maximum atomic E-state index is 14.5. The van der Waals surface area contributed by atoms with Gasteiger partial charge in [-0.25, -0.2) is 9.79 Å².